The van der Waals surface area contributed by atoms with Gasteiger partial charge in [0.1, 0.15) is 0 Å². The summed E-state index contributed by atoms with van der Waals surface area (Å²) >= 11 is 0. The number of carbonyl (C=O) groups excluding carboxylic acids is 1. The molecule has 0 heterocycles. The Bertz CT molecular complexity index is 618. The first-order valence-corrected chi connectivity index (χ1v) is 11.1. The first-order chi connectivity index (χ1) is 12.6. The third kappa shape index (κ3) is 13.4. The molecule has 0 amide bonds. The zero-order valence-electron chi connectivity index (χ0n) is 17.3. The van der Waals surface area contributed by atoms with E-state index in [4.69, 9.17) is 4.74 Å². The highest BCUT2D eigenvalue weighted by Gasteiger charge is 2.35. The fourth-order valence-corrected chi connectivity index (χ4v) is 3.11. The van der Waals surface area contributed by atoms with Gasteiger partial charge in [0.05, 0.1) is 6.61 Å². The van der Waals surface area contributed by atoms with Crippen LogP contribution in [0.3, 0.4) is 0 Å². The summed E-state index contributed by atoms with van der Waals surface area (Å²) in [4.78, 5) is 30.2. The Balaban J connectivity index is 4.48. The highest BCUT2D eigenvalue weighted by Crippen LogP contribution is 2.43. The van der Waals surface area contributed by atoms with Crippen LogP contribution in [-0.4, -0.2) is 28.0 Å². The SMILES string of the molecule is CCOC(=O)C(CC=CC=C(C)CCC=C(C)CCC=C(C)C)P(=O)(O)O. The van der Waals surface area contributed by atoms with Gasteiger partial charge >= 0.3 is 13.6 Å². The maximum absolute atomic E-state index is 11.7. The van der Waals surface area contributed by atoms with Gasteiger partial charge in [-0.25, -0.2) is 0 Å². The van der Waals surface area contributed by atoms with Crippen LogP contribution in [0.2, 0.25) is 0 Å². The van der Waals surface area contributed by atoms with Crippen molar-refractivity contribution in [2.75, 3.05) is 6.61 Å². The molecule has 0 aliphatic carbocycles. The van der Waals surface area contributed by atoms with Gasteiger partial charge in [0.2, 0.25) is 0 Å². The molecule has 2 N–H and O–H groups in total. The second-order valence-corrected chi connectivity index (χ2v) is 8.74. The summed E-state index contributed by atoms with van der Waals surface area (Å²) in [7, 11) is -4.53. The average molecular weight is 398 g/mol. The number of carbonyl (C=O) groups is 1. The molecule has 0 aromatic carbocycles. The molecule has 27 heavy (non-hydrogen) atoms. The maximum Gasteiger partial charge on any atom is 0.340 e. The Kier molecular flexibility index (Phi) is 13.0. The third-order valence-electron chi connectivity index (χ3n) is 3.96. The summed E-state index contributed by atoms with van der Waals surface area (Å²) in [5.74, 6) is -0.857. The molecule has 6 heteroatoms. The molecule has 0 bridgehead atoms. The Morgan fingerprint density at radius 1 is 1.04 bits per heavy atom. The van der Waals surface area contributed by atoms with Crippen molar-refractivity contribution < 1.29 is 23.9 Å². The summed E-state index contributed by atoms with van der Waals surface area (Å²) in [6.07, 6.45) is 13.7. The van der Waals surface area contributed by atoms with Crippen LogP contribution in [0.15, 0.2) is 47.1 Å². The molecule has 0 spiro atoms. The third-order valence-corrected chi connectivity index (χ3v) is 5.20. The van der Waals surface area contributed by atoms with Crippen LogP contribution in [0.4, 0.5) is 0 Å². The minimum atomic E-state index is -4.53. The molecule has 0 aliphatic rings. The highest BCUT2D eigenvalue weighted by molar-refractivity contribution is 7.53. The first kappa shape index (κ1) is 25.6. The van der Waals surface area contributed by atoms with Crippen molar-refractivity contribution in [2.45, 2.75) is 72.4 Å². The van der Waals surface area contributed by atoms with Crippen molar-refractivity contribution in [3.63, 3.8) is 0 Å². The van der Waals surface area contributed by atoms with Gasteiger partial charge in [0.25, 0.3) is 0 Å². The zero-order valence-corrected chi connectivity index (χ0v) is 18.2. The average Bonchev–Trinajstić information content (AvgIpc) is 2.53. The number of ether oxygens (including phenoxy) is 1. The van der Waals surface area contributed by atoms with E-state index >= 15 is 0 Å². The van der Waals surface area contributed by atoms with Gasteiger partial charge in [-0.05, 0) is 66.7 Å². The van der Waals surface area contributed by atoms with E-state index in [0.29, 0.717) is 0 Å². The number of hydrogen-bond acceptors (Lipinski definition) is 3. The molecule has 0 radical (unpaired) electrons. The van der Waals surface area contributed by atoms with Crippen LogP contribution in [0, 0.1) is 0 Å². The fourth-order valence-electron chi connectivity index (χ4n) is 2.37. The van der Waals surface area contributed by atoms with Crippen LogP contribution in [-0.2, 0) is 14.1 Å². The predicted octanol–water partition coefficient (Wildman–Crippen LogP) is 5.46. The lowest BCUT2D eigenvalue weighted by atomic mass is 10.1. The number of esters is 1. The fraction of sp³-hybridized carbons (Fsp3) is 0.571. The van der Waals surface area contributed by atoms with Crippen molar-refractivity contribution in [1.82, 2.24) is 0 Å². The molecular formula is C21H35O5P. The summed E-state index contributed by atoms with van der Waals surface area (Å²) < 4.78 is 16.2. The molecule has 0 rings (SSSR count). The van der Waals surface area contributed by atoms with E-state index in [0.717, 1.165) is 25.7 Å². The zero-order chi connectivity index (χ0) is 20.9. The summed E-state index contributed by atoms with van der Waals surface area (Å²) in [5.41, 5.74) is 2.46. The lowest BCUT2D eigenvalue weighted by molar-refractivity contribution is -0.142. The molecule has 0 fully saturated rings. The highest BCUT2D eigenvalue weighted by atomic mass is 31.2. The summed E-state index contributed by atoms with van der Waals surface area (Å²) in [6, 6.07) is 0. The molecule has 0 aromatic heterocycles. The van der Waals surface area contributed by atoms with E-state index < -0.39 is 19.2 Å². The van der Waals surface area contributed by atoms with Crippen molar-refractivity contribution in [2.24, 2.45) is 0 Å². The Hall–Kier alpha value is -1.42. The summed E-state index contributed by atoms with van der Waals surface area (Å²) in [6.45, 7) is 10.1. The van der Waals surface area contributed by atoms with E-state index in [1.165, 1.54) is 16.7 Å². The molecule has 0 aliphatic heterocycles. The smallest absolute Gasteiger partial charge is 0.340 e. The van der Waals surface area contributed by atoms with Gasteiger partial charge in [-0.2, -0.15) is 0 Å². The van der Waals surface area contributed by atoms with E-state index in [-0.39, 0.29) is 13.0 Å². The van der Waals surface area contributed by atoms with Gasteiger partial charge < -0.3 is 14.5 Å². The van der Waals surface area contributed by atoms with Crippen LogP contribution >= 0.6 is 7.60 Å². The van der Waals surface area contributed by atoms with Crippen molar-refractivity contribution >= 4 is 13.6 Å². The monoisotopic (exact) mass is 398 g/mol. The van der Waals surface area contributed by atoms with Crippen LogP contribution in [0.25, 0.3) is 0 Å². The van der Waals surface area contributed by atoms with E-state index in [1.54, 1.807) is 19.1 Å². The molecular weight excluding hydrogens is 363 g/mol. The van der Waals surface area contributed by atoms with Crippen molar-refractivity contribution in [1.29, 1.82) is 0 Å². The van der Waals surface area contributed by atoms with Crippen molar-refractivity contribution in [3.8, 4) is 0 Å². The quantitative estimate of drug-likeness (QED) is 0.197. The lowest BCUT2D eigenvalue weighted by Crippen LogP contribution is -2.23. The molecule has 0 aromatic rings. The Morgan fingerprint density at radius 2 is 1.63 bits per heavy atom. The second-order valence-electron chi connectivity index (χ2n) is 6.94. The molecule has 1 atom stereocenters. The van der Waals surface area contributed by atoms with E-state index in [9.17, 15) is 19.1 Å². The van der Waals surface area contributed by atoms with Gasteiger partial charge in [-0.15, -0.1) is 0 Å². The molecule has 1 unspecified atom stereocenters. The Morgan fingerprint density at radius 3 is 2.19 bits per heavy atom. The van der Waals surface area contributed by atoms with E-state index in [2.05, 4.69) is 32.9 Å². The summed E-state index contributed by atoms with van der Waals surface area (Å²) in [5, 5.41) is 0. The van der Waals surface area contributed by atoms with Gasteiger partial charge in [-0.3, -0.25) is 9.36 Å². The molecule has 5 nitrogen and oxygen atoms in total. The van der Waals surface area contributed by atoms with Gasteiger partial charge in [-0.1, -0.05) is 47.1 Å². The lowest BCUT2D eigenvalue weighted by Gasteiger charge is -2.14. The molecule has 0 saturated heterocycles. The van der Waals surface area contributed by atoms with E-state index in [1.807, 2.05) is 13.0 Å². The minimum absolute atomic E-state index is 0.0454. The normalized spacial score (nSPS) is 14.3. The van der Waals surface area contributed by atoms with Crippen LogP contribution in [0.5, 0.6) is 0 Å². The maximum atomic E-state index is 11.7. The first-order valence-electron chi connectivity index (χ1n) is 9.41. The van der Waals surface area contributed by atoms with Crippen LogP contribution < -0.4 is 0 Å². The predicted molar refractivity (Wildman–Crippen MR) is 112 cm³/mol. The van der Waals surface area contributed by atoms with Gasteiger partial charge in [0, 0.05) is 0 Å². The number of rotatable bonds is 12. The molecule has 0 saturated carbocycles. The topological polar surface area (TPSA) is 83.8 Å². The Labute approximate surface area is 164 Å². The van der Waals surface area contributed by atoms with Crippen LogP contribution in [0.1, 0.15) is 66.7 Å². The number of allylic oxidation sites excluding steroid dienone is 8. The van der Waals surface area contributed by atoms with Gasteiger partial charge in [0.15, 0.2) is 5.66 Å². The largest absolute Gasteiger partial charge is 0.465 e. The number of hydrogen-bond donors (Lipinski definition) is 2. The van der Waals surface area contributed by atoms with Crippen molar-refractivity contribution in [3.05, 3.63) is 47.1 Å². The minimum Gasteiger partial charge on any atom is -0.465 e. The second kappa shape index (κ2) is 13.7. The standard InChI is InChI=1S/C21H35O5P/c1-6-26-21(22)20(27(23,24)25)16-8-7-12-18(4)14-10-15-19(5)13-9-11-17(2)3/h7-8,11-12,15,20H,6,9-10,13-14,16H2,1-5H3,(H2,23,24,25). The molecule has 154 valence electrons.